The van der Waals surface area contributed by atoms with E-state index in [-0.39, 0.29) is 17.6 Å². The van der Waals surface area contributed by atoms with Crippen molar-refractivity contribution in [3.63, 3.8) is 0 Å². The first kappa shape index (κ1) is 20.1. The number of carbonyl (C=O) groups excluding carboxylic acids is 1. The second-order valence-electron chi connectivity index (χ2n) is 6.95. The van der Waals surface area contributed by atoms with Gasteiger partial charge in [-0.1, -0.05) is 25.5 Å². The summed E-state index contributed by atoms with van der Waals surface area (Å²) >= 11 is 1.24. The molecule has 1 N–H and O–H groups in total. The predicted molar refractivity (Wildman–Crippen MR) is 114 cm³/mol. The number of nitrogens with zero attached hydrogens (tertiary/aromatic N) is 2. The second-order valence-corrected chi connectivity index (χ2v) is 7.95. The fourth-order valence-electron chi connectivity index (χ4n) is 2.97. The Morgan fingerprint density at radius 3 is 2.79 bits per heavy atom. The third-order valence-corrected chi connectivity index (χ3v) is 5.57. The lowest BCUT2D eigenvalue weighted by Gasteiger charge is -2.14. The number of ether oxygens (including phenoxy) is 1. The Hall–Kier alpha value is -2.67. The molecule has 2 aromatic heterocycles. The van der Waals surface area contributed by atoms with Gasteiger partial charge in [0.15, 0.2) is 0 Å². The molecule has 0 aliphatic carbocycles. The summed E-state index contributed by atoms with van der Waals surface area (Å²) in [5, 5.41) is 3.44. The van der Waals surface area contributed by atoms with Crippen molar-refractivity contribution in [3.8, 4) is 5.75 Å². The van der Waals surface area contributed by atoms with Crippen molar-refractivity contribution >= 4 is 33.1 Å². The van der Waals surface area contributed by atoms with Crippen LogP contribution in [-0.2, 0) is 6.54 Å². The molecular weight excluding hydrogens is 374 g/mol. The minimum Gasteiger partial charge on any atom is -0.489 e. The number of unbranched alkanes of at least 4 members (excludes halogenated alkanes) is 1. The predicted octanol–water partition coefficient (Wildman–Crippen LogP) is 4.61. The van der Waals surface area contributed by atoms with Crippen molar-refractivity contribution < 1.29 is 9.53 Å². The van der Waals surface area contributed by atoms with Crippen LogP contribution in [0.15, 0.2) is 35.4 Å². The van der Waals surface area contributed by atoms with E-state index in [9.17, 15) is 9.59 Å². The van der Waals surface area contributed by atoms with E-state index in [1.165, 1.54) is 11.3 Å². The molecule has 3 aromatic rings. The van der Waals surface area contributed by atoms with E-state index in [1.807, 2.05) is 32.0 Å². The summed E-state index contributed by atoms with van der Waals surface area (Å²) in [5.41, 5.74) is 1.18. The van der Waals surface area contributed by atoms with Crippen molar-refractivity contribution in [2.75, 3.05) is 5.32 Å². The maximum absolute atomic E-state index is 12.9. The lowest BCUT2D eigenvalue weighted by Crippen LogP contribution is -2.20. The molecule has 0 radical (unpaired) electrons. The average Bonchev–Trinajstić information content (AvgIpc) is 3.00. The van der Waals surface area contributed by atoms with E-state index >= 15 is 0 Å². The van der Waals surface area contributed by atoms with Gasteiger partial charge in [-0.25, -0.2) is 4.98 Å². The van der Waals surface area contributed by atoms with Crippen LogP contribution in [-0.4, -0.2) is 21.6 Å². The molecule has 0 saturated heterocycles. The zero-order chi connectivity index (χ0) is 20.3. The smallest absolute Gasteiger partial charge is 0.266 e. The lowest BCUT2D eigenvalue weighted by atomic mass is 10.2. The molecule has 1 amide bonds. The maximum Gasteiger partial charge on any atom is 0.266 e. The zero-order valence-electron chi connectivity index (χ0n) is 16.6. The van der Waals surface area contributed by atoms with Gasteiger partial charge >= 0.3 is 0 Å². The molecule has 0 unspecified atom stereocenters. The summed E-state index contributed by atoms with van der Waals surface area (Å²) in [7, 11) is 0. The van der Waals surface area contributed by atoms with E-state index in [4.69, 9.17) is 4.74 Å². The molecular formula is C21H25N3O3S. The molecule has 148 valence electrons. The highest BCUT2D eigenvalue weighted by Gasteiger charge is 2.20. The van der Waals surface area contributed by atoms with Crippen molar-refractivity contribution in [1.29, 1.82) is 0 Å². The van der Waals surface area contributed by atoms with Gasteiger partial charge in [-0.15, -0.1) is 11.3 Å². The minimum atomic E-state index is -0.264. The molecule has 0 atom stereocenters. The Balaban J connectivity index is 1.94. The van der Waals surface area contributed by atoms with E-state index in [1.54, 1.807) is 23.9 Å². The number of amides is 1. The van der Waals surface area contributed by atoms with Gasteiger partial charge in [-0.3, -0.25) is 14.2 Å². The SMILES string of the molecule is CCCCn1cnc2sc(C(=O)Nc3ccccc3OC(C)C)c(C)c2c1=O. The third kappa shape index (κ3) is 4.09. The van der Waals surface area contributed by atoms with Crippen LogP contribution in [0.25, 0.3) is 10.2 Å². The second kappa shape index (κ2) is 8.56. The first-order valence-electron chi connectivity index (χ1n) is 9.48. The van der Waals surface area contributed by atoms with E-state index in [0.717, 1.165) is 12.8 Å². The average molecular weight is 400 g/mol. The van der Waals surface area contributed by atoms with E-state index in [0.29, 0.717) is 38.6 Å². The van der Waals surface area contributed by atoms with Gasteiger partial charge in [0.2, 0.25) is 0 Å². The number of aryl methyl sites for hydroxylation is 2. The normalized spacial score (nSPS) is 11.2. The number of anilines is 1. The Labute approximate surface area is 168 Å². The molecule has 0 saturated carbocycles. The monoisotopic (exact) mass is 399 g/mol. The highest BCUT2D eigenvalue weighted by atomic mass is 32.1. The van der Waals surface area contributed by atoms with Crippen LogP contribution < -0.4 is 15.6 Å². The molecule has 1 aromatic carbocycles. The van der Waals surface area contributed by atoms with Crippen LogP contribution in [0.4, 0.5) is 5.69 Å². The molecule has 0 aliphatic rings. The van der Waals surface area contributed by atoms with Gasteiger partial charge in [0.1, 0.15) is 10.6 Å². The molecule has 0 aliphatic heterocycles. The summed E-state index contributed by atoms with van der Waals surface area (Å²) in [5.74, 6) is 0.351. The molecule has 28 heavy (non-hydrogen) atoms. The summed E-state index contributed by atoms with van der Waals surface area (Å²) in [6.07, 6.45) is 3.48. The van der Waals surface area contributed by atoms with Crippen LogP contribution in [0, 0.1) is 6.92 Å². The number of carbonyl (C=O) groups is 1. The first-order valence-corrected chi connectivity index (χ1v) is 10.3. The number of para-hydroxylation sites is 2. The van der Waals surface area contributed by atoms with Gasteiger partial charge in [0.25, 0.3) is 11.5 Å². The number of nitrogens with one attached hydrogen (secondary N) is 1. The Morgan fingerprint density at radius 1 is 1.32 bits per heavy atom. The lowest BCUT2D eigenvalue weighted by molar-refractivity contribution is 0.102. The summed E-state index contributed by atoms with van der Waals surface area (Å²) in [6.45, 7) is 8.39. The fraction of sp³-hybridized carbons (Fsp3) is 0.381. The van der Waals surface area contributed by atoms with Crippen molar-refractivity contribution in [2.45, 2.75) is 53.2 Å². The van der Waals surface area contributed by atoms with Crippen LogP contribution >= 0.6 is 11.3 Å². The maximum atomic E-state index is 12.9. The van der Waals surface area contributed by atoms with Gasteiger partial charge in [-0.05, 0) is 44.9 Å². The number of thiophene rings is 1. The van der Waals surface area contributed by atoms with Crippen LogP contribution in [0.2, 0.25) is 0 Å². The largest absolute Gasteiger partial charge is 0.489 e. The number of rotatable bonds is 7. The van der Waals surface area contributed by atoms with Gasteiger partial charge in [0, 0.05) is 6.54 Å². The van der Waals surface area contributed by atoms with Crippen molar-refractivity contribution in [2.24, 2.45) is 0 Å². The topological polar surface area (TPSA) is 73.2 Å². The molecule has 0 bridgehead atoms. The number of hydrogen-bond donors (Lipinski definition) is 1. The summed E-state index contributed by atoms with van der Waals surface area (Å²) in [6, 6.07) is 7.32. The fourth-order valence-corrected chi connectivity index (χ4v) is 4.00. The Bertz CT molecular complexity index is 1050. The van der Waals surface area contributed by atoms with Crippen molar-refractivity contribution in [1.82, 2.24) is 9.55 Å². The number of aromatic nitrogens is 2. The van der Waals surface area contributed by atoms with E-state index < -0.39 is 0 Å². The number of fused-ring (bicyclic) bond motifs is 1. The molecule has 0 spiro atoms. The van der Waals surface area contributed by atoms with Gasteiger partial charge in [0.05, 0.1) is 28.4 Å². The quantitative estimate of drug-likeness (QED) is 0.630. The molecule has 6 nitrogen and oxygen atoms in total. The first-order chi connectivity index (χ1) is 13.4. The standard InChI is InChI=1S/C21H25N3O3S/c1-5-6-11-24-12-22-20-17(21(24)26)14(4)18(28-20)19(25)23-15-9-7-8-10-16(15)27-13(2)3/h7-10,12-13H,5-6,11H2,1-4H3,(H,23,25). The summed E-state index contributed by atoms with van der Waals surface area (Å²) in [4.78, 5) is 31.2. The van der Waals surface area contributed by atoms with Gasteiger partial charge in [-0.2, -0.15) is 0 Å². The van der Waals surface area contributed by atoms with Gasteiger partial charge < -0.3 is 10.1 Å². The minimum absolute atomic E-state index is 0.00472. The number of hydrogen-bond acceptors (Lipinski definition) is 5. The molecule has 7 heteroatoms. The molecule has 0 fully saturated rings. The molecule has 3 rings (SSSR count). The number of benzene rings is 1. The highest BCUT2D eigenvalue weighted by Crippen LogP contribution is 2.30. The Morgan fingerprint density at radius 2 is 2.07 bits per heavy atom. The third-order valence-electron chi connectivity index (χ3n) is 4.37. The van der Waals surface area contributed by atoms with Crippen LogP contribution in [0.3, 0.4) is 0 Å². The zero-order valence-corrected chi connectivity index (χ0v) is 17.4. The van der Waals surface area contributed by atoms with Crippen molar-refractivity contribution in [3.05, 3.63) is 51.4 Å². The highest BCUT2D eigenvalue weighted by molar-refractivity contribution is 7.20. The Kier molecular flexibility index (Phi) is 6.14. The van der Waals surface area contributed by atoms with Crippen LogP contribution in [0.1, 0.15) is 48.8 Å². The summed E-state index contributed by atoms with van der Waals surface area (Å²) < 4.78 is 7.39. The van der Waals surface area contributed by atoms with E-state index in [2.05, 4.69) is 17.2 Å². The molecule has 2 heterocycles. The van der Waals surface area contributed by atoms with Crippen LogP contribution in [0.5, 0.6) is 5.75 Å².